The molecule has 132 valence electrons. The number of nitrogens with one attached hydrogen (secondary N) is 2. The largest absolute Gasteiger partial charge is 0.353 e. The number of carbonyl (C=O) groups excluding carboxylic acids is 1. The van der Waals surface area contributed by atoms with E-state index < -0.39 is 15.8 Å². The van der Waals surface area contributed by atoms with Crippen molar-refractivity contribution < 1.29 is 17.6 Å². The number of benzene rings is 2. The van der Waals surface area contributed by atoms with Gasteiger partial charge in [-0.05, 0) is 61.2 Å². The summed E-state index contributed by atoms with van der Waals surface area (Å²) in [5.74, 6) is -0.481. The van der Waals surface area contributed by atoms with Crippen molar-refractivity contribution in [2.24, 2.45) is 0 Å². The third kappa shape index (κ3) is 4.57. The van der Waals surface area contributed by atoms with Crippen LogP contribution in [0.25, 0.3) is 0 Å². The highest BCUT2D eigenvalue weighted by molar-refractivity contribution is 7.92. The highest BCUT2D eigenvalue weighted by Crippen LogP contribution is 2.20. The molecule has 0 unspecified atom stereocenters. The lowest BCUT2D eigenvalue weighted by molar-refractivity contribution is -0.120. The molecule has 0 radical (unpaired) electrons. The first kappa shape index (κ1) is 17.4. The molecule has 1 amide bonds. The van der Waals surface area contributed by atoms with Crippen molar-refractivity contribution in [3.8, 4) is 0 Å². The first-order valence-corrected chi connectivity index (χ1v) is 9.49. The fourth-order valence-corrected chi connectivity index (χ4v) is 3.52. The van der Waals surface area contributed by atoms with Gasteiger partial charge in [-0.15, -0.1) is 0 Å². The summed E-state index contributed by atoms with van der Waals surface area (Å²) in [4.78, 5) is 11.8. The molecule has 0 aliphatic heterocycles. The van der Waals surface area contributed by atoms with Gasteiger partial charge in [-0.1, -0.05) is 12.1 Å². The van der Waals surface area contributed by atoms with Crippen LogP contribution in [0.15, 0.2) is 47.4 Å². The normalized spacial score (nSPS) is 14.2. The Labute approximate surface area is 146 Å². The van der Waals surface area contributed by atoms with E-state index in [-0.39, 0.29) is 22.8 Å². The summed E-state index contributed by atoms with van der Waals surface area (Å²) in [5, 5.41) is 2.91. The Bertz CT molecular complexity index is 891. The number of aryl methyl sites for hydroxylation is 1. The van der Waals surface area contributed by atoms with E-state index in [2.05, 4.69) is 10.0 Å². The van der Waals surface area contributed by atoms with Crippen LogP contribution in [-0.4, -0.2) is 20.4 Å². The van der Waals surface area contributed by atoms with E-state index in [0.29, 0.717) is 11.7 Å². The van der Waals surface area contributed by atoms with Crippen LogP contribution in [0.1, 0.15) is 24.0 Å². The summed E-state index contributed by atoms with van der Waals surface area (Å²) in [7, 11) is -3.79. The minimum absolute atomic E-state index is 0.000660. The molecule has 0 bridgehead atoms. The lowest BCUT2D eigenvalue weighted by Gasteiger charge is -2.10. The zero-order valence-electron chi connectivity index (χ0n) is 13.8. The van der Waals surface area contributed by atoms with Gasteiger partial charge in [0.25, 0.3) is 10.0 Å². The number of hydrogen-bond donors (Lipinski definition) is 2. The van der Waals surface area contributed by atoms with E-state index >= 15 is 0 Å². The van der Waals surface area contributed by atoms with Gasteiger partial charge in [0.1, 0.15) is 5.82 Å². The summed E-state index contributed by atoms with van der Waals surface area (Å²) in [6.07, 6.45) is 2.34. The van der Waals surface area contributed by atoms with Gasteiger partial charge in [0.2, 0.25) is 5.91 Å². The van der Waals surface area contributed by atoms with Crippen LogP contribution in [0.2, 0.25) is 0 Å². The number of anilines is 1. The fraction of sp³-hybridized carbons (Fsp3) is 0.278. The van der Waals surface area contributed by atoms with Crippen molar-refractivity contribution in [3.05, 3.63) is 59.4 Å². The summed E-state index contributed by atoms with van der Waals surface area (Å²) in [6, 6.07) is 10.6. The van der Waals surface area contributed by atoms with Crippen molar-refractivity contribution in [2.75, 3.05) is 4.72 Å². The van der Waals surface area contributed by atoms with E-state index in [1.54, 1.807) is 24.3 Å². The van der Waals surface area contributed by atoms with E-state index in [0.717, 1.165) is 24.5 Å². The van der Waals surface area contributed by atoms with Gasteiger partial charge in [-0.25, -0.2) is 12.8 Å². The van der Waals surface area contributed by atoms with Gasteiger partial charge in [0.15, 0.2) is 0 Å². The molecule has 2 N–H and O–H groups in total. The molecule has 25 heavy (non-hydrogen) atoms. The summed E-state index contributed by atoms with van der Waals surface area (Å²) in [5.41, 5.74) is 1.45. The first-order valence-electron chi connectivity index (χ1n) is 8.01. The van der Waals surface area contributed by atoms with Crippen molar-refractivity contribution in [1.82, 2.24) is 5.32 Å². The maximum atomic E-state index is 13.3. The van der Waals surface area contributed by atoms with Crippen LogP contribution in [0.4, 0.5) is 10.1 Å². The Morgan fingerprint density at radius 3 is 2.44 bits per heavy atom. The predicted molar refractivity (Wildman–Crippen MR) is 93.3 cm³/mol. The number of amides is 1. The number of sulfonamides is 1. The molecular formula is C18H19FN2O3S. The number of carbonyl (C=O) groups is 1. The second-order valence-electron chi connectivity index (χ2n) is 6.23. The third-order valence-electron chi connectivity index (χ3n) is 3.95. The molecule has 1 aliphatic carbocycles. The molecule has 1 aliphatic rings. The van der Waals surface area contributed by atoms with Crippen LogP contribution in [-0.2, 0) is 21.2 Å². The molecule has 1 fully saturated rings. The molecule has 0 heterocycles. The number of halogens is 1. The molecule has 2 aromatic rings. The lowest BCUT2D eigenvalue weighted by Crippen LogP contribution is -2.26. The summed E-state index contributed by atoms with van der Waals surface area (Å²) >= 11 is 0. The standard InChI is InChI=1S/C18H19FN2O3S/c1-12-10-16(8-9-17(12)19)25(23,24)21-15-4-2-13(3-5-15)11-18(22)20-14-6-7-14/h2-5,8-10,14,21H,6-7,11H2,1H3,(H,20,22). The molecule has 0 atom stereocenters. The Morgan fingerprint density at radius 2 is 1.84 bits per heavy atom. The molecule has 7 heteroatoms. The van der Waals surface area contributed by atoms with Crippen LogP contribution in [0.3, 0.4) is 0 Å². The minimum atomic E-state index is -3.79. The lowest BCUT2D eigenvalue weighted by atomic mass is 10.1. The fourth-order valence-electron chi connectivity index (χ4n) is 2.38. The van der Waals surface area contributed by atoms with Crippen molar-refractivity contribution >= 4 is 21.6 Å². The molecule has 0 aromatic heterocycles. The zero-order chi connectivity index (χ0) is 18.0. The summed E-state index contributed by atoms with van der Waals surface area (Å²) < 4.78 is 40.5. The molecule has 3 rings (SSSR count). The van der Waals surface area contributed by atoms with Crippen molar-refractivity contribution in [3.63, 3.8) is 0 Å². The van der Waals surface area contributed by atoms with Gasteiger partial charge < -0.3 is 5.32 Å². The van der Waals surface area contributed by atoms with E-state index in [1.165, 1.54) is 19.1 Å². The van der Waals surface area contributed by atoms with Gasteiger partial charge in [0, 0.05) is 11.7 Å². The second-order valence-corrected chi connectivity index (χ2v) is 7.91. The average Bonchev–Trinajstić information content (AvgIpc) is 3.35. The highest BCUT2D eigenvalue weighted by atomic mass is 32.2. The van der Waals surface area contributed by atoms with Crippen LogP contribution >= 0.6 is 0 Å². The van der Waals surface area contributed by atoms with Gasteiger partial charge in [-0.2, -0.15) is 0 Å². The molecule has 2 aromatic carbocycles. The maximum Gasteiger partial charge on any atom is 0.261 e. The van der Waals surface area contributed by atoms with Crippen LogP contribution in [0, 0.1) is 12.7 Å². The Morgan fingerprint density at radius 1 is 1.16 bits per heavy atom. The van der Waals surface area contributed by atoms with Gasteiger partial charge >= 0.3 is 0 Å². The predicted octanol–water partition coefficient (Wildman–Crippen LogP) is 2.76. The van der Waals surface area contributed by atoms with E-state index in [4.69, 9.17) is 0 Å². The highest BCUT2D eigenvalue weighted by Gasteiger charge is 2.23. The quantitative estimate of drug-likeness (QED) is 0.830. The van der Waals surface area contributed by atoms with Crippen LogP contribution < -0.4 is 10.0 Å². The Kier molecular flexibility index (Phi) is 4.76. The van der Waals surface area contributed by atoms with E-state index in [1.807, 2.05) is 0 Å². The average molecular weight is 362 g/mol. The smallest absolute Gasteiger partial charge is 0.261 e. The topological polar surface area (TPSA) is 75.3 Å². The SMILES string of the molecule is Cc1cc(S(=O)(=O)Nc2ccc(CC(=O)NC3CC3)cc2)ccc1F. The van der Waals surface area contributed by atoms with E-state index in [9.17, 15) is 17.6 Å². The van der Waals surface area contributed by atoms with Crippen molar-refractivity contribution in [1.29, 1.82) is 0 Å². The molecule has 0 saturated heterocycles. The van der Waals surface area contributed by atoms with Crippen molar-refractivity contribution in [2.45, 2.75) is 37.1 Å². The van der Waals surface area contributed by atoms with Gasteiger partial charge in [-0.3, -0.25) is 9.52 Å². The minimum Gasteiger partial charge on any atom is -0.353 e. The maximum absolute atomic E-state index is 13.3. The monoisotopic (exact) mass is 362 g/mol. The van der Waals surface area contributed by atoms with Gasteiger partial charge in [0.05, 0.1) is 11.3 Å². The third-order valence-corrected chi connectivity index (χ3v) is 5.33. The molecule has 5 nitrogen and oxygen atoms in total. The molecule has 1 saturated carbocycles. The first-order chi connectivity index (χ1) is 11.8. The molecule has 0 spiro atoms. The zero-order valence-corrected chi connectivity index (χ0v) is 14.6. The number of hydrogen-bond acceptors (Lipinski definition) is 3. The second kappa shape index (κ2) is 6.84. The molecular weight excluding hydrogens is 343 g/mol. The Balaban J connectivity index is 1.67. The number of rotatable bonds is 6. The van der Waals surface area contributed by atoms with Crippen LogP contribution in [0.5, 0.6) is 0 Å². The summed E-state index contributed by atoms with van der Waals surface area (Å²) in [6.45, 7) is 1.51. The Hall–Kier alpha value is -2.41.